The molecule has 4 bridgehead atoms. The van der Waals surface area contributed by atoms with Crippen LogP contribution in [0.25, 0.3) is 0 Å². The standard InChI is InChI=1S/C24H33NO4/c1-3-28-20-6-18-4-15(2)29-21(18)7-19(20)13-25-22(26)12-23-8-16-5-17(9-23)11-24(27,10-16)14-23/h6-7,15-17,27H,3-5,8-14H2,1-2H3,(H,25,26)/t15-,16-,17+,23?,24?/m1/s1. The van der Waals surface area contributed by atoms with Crippen molar-refractivity contribution in [3.8, 4) is 11.5 Å². The van der Waals surface area contributed by atoms with Crippen LogP contribution in [0.2, 0.25) is 0 Å². The smallest absolute Gasteiger partial charge is 0.220 e. The molecule has 2 N–H and O–H groups in total. The van der Waals surface area contributed by atoms with Crippen LogP contribution in [0.15, 0.2) is 12.1 Å². The molecule has 1 aromatic rings. The van der Waals surface area contributed by atoms with Crippen LogP contribution in [0, 0.1) is 17.3 Å². The van der Waals surface area contributed by atoms with Crippen LogP contribution in [0.1, 0.15) is 69.9 Å². The van der Waals surface area contributed by atoms with Crippen LogP contribution in [0.4, 0.5) is 0 Å². The van der Waals surface area contributed by atoms with E-state index >= 15 is 0 Å². The molecular formula is C24H33NO4. The normalized spacial score (nSPS) is 36.6. The molecule has 5 heteroatoms. The largest absolute Gasteiger partial charge is 0.494 e. The Labute approximate surface area is 173 Å². The minimum atomic E-state index is -0.513. The lowest BCUT2D eigenvalue weighted by atomic mass is 9.47. The molecule has 4 saturated carbocycles. The van der Waals surface area contributed by atoms with Crippen LogP contribution in [0.5, 0.6) is 11.5 Å². The zero-order valence-electron chi connectivity index (χ0n) is 17.6. The second-order valence-electron chi connectivity index (χ2n) is 10.3. The molecular weight excluding hydrogens is 366 g/mol. The van der Waals surface area contributed by atoms with Gasteiger partial charge in [0.25, 0.3) is 0 Å². The molecule has 5 nitrogen and oxygen atoms in total. The second kappa shape index (κ2) is 6.90. The number of aliphatic hydroxyl groups is 1. The SMILES string of the molecule is CCOc1cc2c(cc1CNC(=O)CC13C[C@@H]4C[C@@H](CC(O)(C4)C1)C3)O[C@H](C)C2. The predicted molar refractivity (Wildman–Crippen MR) is 110 cm³/mol. The van der Waals surface area contributed by atoms with Gasteiger partial charge in [0.05, 0.1) is 12.2 Å². The zero-order chi connectivity index (χ0) is 20.2. The Bertz CT molecular complexity index is 805. The van der Waals surface area contributed by atoms with Crippen molar-refractivity contribution < 1.29 is 19.4 Å². The zero-order valence-corrected chi connectivity index (χ0v) is 17.6. The Hall–Kier alpha value is -1.75. The van der Waals surface area contributed by atoms with E-state index in [2.05, 4.69) is 18.3 Å². The Morgan fingerprint density at radius 2 is 2.03 bits per heavy atom. The van der Waals surface area contributed by atoms with Crippen LogP contribution in [-0.4, -0.2) is 29.3 Å². The van der Waals surface area contributed by atoms with Crippen molar-refractivity contribution in [1.29, 1.82) is 0 Å². The summed E-state index contributed by atoms with van der Waals surface area (Å²) in [7, 11) is 0. The van der Waals surface area contributed by atoms with Crippen molar-refractivity contribution in [3.05, 3.63) is 23.3 Å². The molecule has 29 heavy (non-hydrogen) atoms. The van der Waals surface area contributed by atoms with Gasteiger partial charge in [0.1, 0.15) is 17.6 Å². The number of hydrogen-bond acceptors (Lipinski definition) is 4. The minimum Gasteiger partial charge on any atom is -0.494 e. The quantitative estimate of drug-likeness (QED) is 0.765. The van der Waals surface area contributed by atoms with Crippen molar-refractivity contribution in [2.75, 3.05) is 6.61 Å². The van der Waals surface area contributed by atoms with E-state index in [9.17, 15) is 9.90 Å². The molecule has 5 aliphatic rings. The molecule has 4 fully saturated rings. The molecule has 0 spiro atoms. The summed E-state index contributed by atoms with van der Waals surface area (Å²) in [5.41, 5.74) is 1.64. The van der Waals surface area contributed by atoms with Crippen LogP contribution >= 0.6 is 0 Å². The lowest BCUT2D eigenvalue weighted by Crippen LogP contribution is -2.56. The van der Waals surface area contributed by atoms with Gasteiger partial charge in [-0.1, -0.05) is 0 Å². The third-order valence-corrected chi connectivity index (χ3v) is 7.54. The first-order valence-corrected chi connectivity index (χ1v) is 11.3. The Kier molecular flexibility index (Phi) is 4.57. The predicted octanol–water partition coefficient (Wildman–Crippen LogP) is 3.75. The summed E-state index contributed by atoms with van der Waals surface area (Å²) in [6.45, 7) is 5.10. The number of carbonyl (C=O) groups is 1. The van der Waals surface area contributed by atoms with Crippen LogP contribution < -0.4 is 14.8 Å². The van der Waals surface area contributed by atoms with Crippen molar-refractivity contribution in [2.45, 2.75) is 83.5 Å². The molecule has 6 rings (SSSR count). The van der Waals surface area contributed by atoms with Gasteiger partial charge in [0, 0.05) is 30.5 Å². The Morgan fingerprint density at radius 1 is 1.28 bits per heavy atom. The fourth-order valence-corrected chi connectivity index (χ4v) is 7.12. The Morgan fingerprint density at radius 3 is 2.72 bits per heavy atom. The third-order valence-electron chi connectivity index (χ3n) is 7.54. The molecule has 1 aliphatic heterocycles. The first-order chi connectivity index (χ1) is 13.9. The van der Waals surface area contributed by atoms with Crippen molar-refractivity contribution in [1.82, 2.24) is 5.32 Å². The molecule has 0 saturated heterocycles. The van der Waals surface area contributed by atoms with Crippen LogP contribution in [0.3, 0.4) is 0 Å². The van der Waals surface area contributed by atoms with Gasteiger partial charge in [-0.25, -0.2) is 0 Å². The third kappa shape index (κ3) is 3.63. The van der Waals surface area contributed by atoms with E-state index in [4.69, 9.17) is 9.47 Å². The van der Waals surface area contributed by atoms with E-state index < -0.39 is 5.60 Å². The van der Waals surface area contributed by atoms with E-state index in [1.54, 1.807) is 0 Å². The average Bonchev–Trinajstić information content (AvgIpc) is 2.96. The average molecular weight is 400 g/mol. The first-order valence-electron chi connectivity index (χ1n) is 11.3. The molecule has 1 heterocycles. The monoisotopic (exact) mass is 399 g/mol. The highest BCUT2D eigenvalue weighted by molar-refractivity contribution is 5.77. The van der Waals surface area contributed by atoms with E-state index in [1.807, 2.05) is 13.0 Å². The Balaban J connectivity index is 1.26. The van der Waals surface area contributed by atoms with Crippen molar-refractivity contribution >= 4 is 5.91 Å². The molecule has 1 amide bonds. The number of carbonyl (C=O) groups excluding carboxylic acids is 1. The van der Waals surface area contributed by atoms with E-state index in [1.165, 1.54) is 12.0 Å². The number of fused-ring (bicyclic) bond motifs is 1. The second-order valence-corrected chi connectivity index (χ2v) is 10.3. The molecule has 0 aromatic heterocycles. The topological polar surface area (TPSA) is 67.8 Å². The summed E-state index contributed by atoms with van der Waals surface area (Å²) < 4.78 is 11.7. The van der Waals surface area contributed by atoms with Gasteiger partial charge in [-0.2, -0.15) is 0 Å². The highest BCUT2D eigenvalue weighted by Crippen LogP contribution is 2.62. The van der Waals surface area contributed by atoms with E-state index in [0.29, 0.717) is 31.4 Å². The van der Waals surface area contributed by atoms with E-state index in [0.717, 1.165) is 55.6 Å². The fraction of sp³-hybridized carbons (Fsp3) is 0.708. The van der Waals surface area contributed by atoms with E-state index in [-0.39, 0.29) is 17.4 Å². The fourth-order valence-electron chi connectivity index (χ4n) is 7.12. The number of ether oxygens (including phenoxy) is 2. The summed E-state index contributed by atoms with van der Waals surface area (Å²) in [4.78, 5) is 12.9. The maximum Gasteiger partial charge on any atom is 0.220 e. The maximum absolute atomic E-state index is 12.9. The molecule has 4 aliphatic carbocycles. The summed E-state index contributed by atoms with van der Waals surface area (Å²) in [5, 5.41) is 14.1. The molecule has 2 unspecified atom stereocenters. The van der Waals surface area contributed by atoms with Gasteiger partial charge >= 0.3 is 0 Å². The lowest BCUT2D eigenvalue weighted by molar-refractivity contribution is -0.169. The van der Waals surface area contributed by atoms with Crippen LogP contribution in [-0.2, 0) is 17.8 Å². The molecule has 158 valence electrons. The van der Waals surface area contributed by atoms with Crippen molar-refractivity contribution in [2.24, 2.45) is 17.3 Å². The van der Waals surface area contributed by atoms with Gasteiger partial charge in [0.2, 0.25) is 5.91 Å². The number of amides is 1. The minimum absolute atomic E-state index is 0.00213. The number of rotatable bonds is 6. The number of nitrogens with one attached hydrogen (secondary N) is 1. The van der Waals surface area contributed by atoms with Gasteiger partial charge in [-0.3, -0.25) is 4.79 Å². The number of benzene rings is 1. The van der Waals surface area contributed by atoms with Gasteiger partial charge in [0.15, 0.2) is 0 Å². The van der Waals surface area contributed by atoms with Gasteiger partial charge in [-0.15, -0.1) is 0 Å². The highest BCUT2D eigenvalue weighted by Gasteiger charge is 2.57. The summed E-state index contributed by atoms with van der Waals surface area (Å²) in [6, 6.07) is 4.09. The summed E-state index contributed by atoms with van der Waals surface area (Å²) in [6.07, 6.45) is 7.76. The van der Waals surface area contributed by atoms with Crippen molar-refractivity contribution in [3.63, 3.8) is 0 Å². The molecule has 5 atom stereocenters. The maximum atomic E-state index is 12.9. The first kappa shape index (κ1) is 19.2. The van der Waals surface area contributed by atoms with Gasteiger partial charge in [-0.05, 0) is 81.8 Å². The number of hydrogen-bond donors (Lipinski definition) is 2. The summed E-state index contributed by atoms with van der Waals surface area (Å²) >= 11 is 0. The highest BCUT2D eigenvalue weighted by atomic mass is 16.5. The molecule has 1 aromatic carbocycles. The van der Waals surface area contributed by atoms with Gasteiger partial charge < -0.3 is 19.9 Å². The lowest BCUT2D eigenvalue weighted by Gasteiger charge is -2.60. The summed E-state index contributed by atoms with van der Waals surface area (Å²) in [5.74, 6) is 3.05. The molecule has 0 radical (unpaired) electrons.